The van der Waals surface area contributed by atoms with Crippen LogP contribution in [-0.2, 0) is 14.1 Å². The summed E-state index contributed by atoms with van der Waals surface area (Å²) in [4.78, 5) is 10.8. The van der Waals surface area contributed by atoms with E-state index in [2.05, 4.69) is 0 Å². The van der Waals surface area contributed by atoms with Crippen LogP contribution in [0.1, 0.15) is 38.8 Å². The van der Waals surface area contributed by atoms with Gasteiger partial charge in [-0.3, -0.25) is 0 Å². The molecule has 2 rings (SSSR count). The van der Waals surface area contributed by atoms with Crippen molar-refractivity contribution in [1.82, 2.24) is 0 Å². The van der Waals surface area contributed by atoms with Gasteiger partial charge in [-0.05, 0) is 50.4 Å². The molecule has 0 bridgehead atoms. The number of carboxylic acids is 1. The zero-order valence-electron chi connectivity index (χ0n) is 14.6. The largest absolute Gasteiger partial charge is 0.491 e. The van der Waals surface area contributed by atoms with Gasteiger partial charge in [0.2, 0.25) is 0 Å². The molecule has 5 nitrogen and oxygen atoms in total. The van der Waals surface area contributed by atoms with Crippen molar-refractivity contribution in [3.05, 3.63) is 46.9 Å². The molecule has 0 aliphatic carbocycles. The summed E-state index contributed by atoms with van der Waals surface area (Å²) in [5.41, 5.74) is 7.51. The summed E-state index contributed by atoms with van der Waals surface area (Å²) in [6, 6.07) is 7.50. The maximum absolute atomic E-state index is 10.8. The summed E-state index contributed by atoms with van der Waals surface area (Å²) in [5.74, 6) is -0.987. The van der Waals surface area contributed by atoms with Crippen LogP contribution in [0.2, 0.25) is 0 Å². The third-order valence-electron chi connectivity index (χ3n) is 4.53. The number of hydrogen-bond donors (Lipinski definition) is 2. The number of benzene rings is 1. The van der Waals surface area contributed by atoms with Crippen molar-refractivity contribution in [1.29, 1.82) is 0 Å². The van der Waals surface area contributed by atoms with Crippen LogP contribution in [0.4, 0.5) is 0 Å². The molecule has 1 saturated heterocycles. The van der Waals surface area contributed by atoms with E-state index in [9.17, 15) is 4.79 Å². The van der Waals surface area contributed by atoms with E-state index < -0.39 is 24.3 Å². The summed E-state index contributed by atoms with van der Waals surface area (Å²) in [6.45, 7) is 8.25. The Balaban J connectivity index is 2.34. The molecule has 1 fully saturated rings. The molecule has 24 heavy (non-hydrogen) atoms. The fourth-order valence-corrected chi connectivity index (χ4v) is 2.37. The fraction of sp³-hybridized carbons (Fsp3) is 0.389. The molecule has 0 unspecified atom stereocenters. The van der Waals surface area contributed by atoms with Crippen LogP contribution in [-0.4, -0.2) is 35.9 Å². The van der Waals surface area contributed by atoms with Crippen molar-refractivity contribution < 1.29 is 19.2 Å². The molecule has 0 amide bonds. The standard InChI is InChI=1S/C18H24BNO4/c1-17(2)18(3,4)24-19(23-17)15(12-20)11-14-8-6-5-7-13(14)9-10-16(21)22/h5-11H,12,20H2,1-4H3,(H,21,22)/b10-9+,15-11?. The molecule has 0 spiro atoms. The average Bonchev–Trinajstić information content (AvgIpc) is 2.71. The second kappa shape index (κ2) is 6.93. The van der Waals surface area contributed by atoms with E-state index in [0.29, 0.717) is 0 Å². The Kier molecular flexibility index (Phi) is 5.33. The molecular weight excluding hydrogens is 305 g/mol. The number of nitrogens with two attached hydrogens (primary N) is 1. The second-order valence-corrected chi connectivity index (χ2v) is 6.81. The van der Waals surface area contributed by atoms with Gasteiger partial charge in [-0.2, -0.15) is 0 Å². The maximum atomic E-state index is 10.8. The molecule has 0 saturated carbocycles. The highest BCUT2D eigenvalue weighted by Crippen LogP contribution is 2.38. The quantitative estimate of drug-likeness (QED) is 0.641. The summed E-state index contributed by atoms with van der Waals surface area (Å²) >= 11 is 0. The lowest BCUT2D eigenvalue weighted by Gasteiger charge is -2.32. The van der Waals surface area contributed by atoms with Gasteiger partial charge in [0.1, 0.15) is 0 Å². The van der Waals surface area contributed by atoms with E-state index in [1.807, 2.05) is 58.0 Å². The Morgan fingerprint density at radius 2 is 1.71 bits per heavy atom. The molecule has 0 atom stereocenters. The first-order chi connectivity index (χ1) is 11.2. The van der Waals surface area contributed by atoms with E-state index >= 15 is 0 Å². The van der Waals surface area contributed by atoms with Crippen molar-refractivity contribution >= 4 is 25.2 Å². The average molecular weight is 329 g/mol. The van der Waals surface area contributed by atoms with Gasteiger partial charge in [0, 0.05) is 12.6 Å². The Morgan fingerprint density at radius 1 is 1.17 bits per heavy atom. The van der Waals surface area contributed by atoms with Gasteiger partial charge < -0.3 is 20.1 Å². The van der Waals surface area contributed by atoms with Gasteiger partial charge in [-0.1, -0.05) is 30.3 Å². The first kappa shape index (κ1) is 18.5. The van der Waals surface area contributed by atoms with Crippen LogP contribution in [0.5, 0.6) is 0 Å². The molecule has 1 heterocycles. The van der Waals surface area contributed by atoms with Gasteiger partial charge in [0.05, 0.1) is 11.2 Å². The second-order valence-electron chi connectivity index (χ2n) is 6.81. The van der Waals surface area contributed by atoms with E-state index in [1.165, 1.54) is 0 Å². The lowest BCUT2D eigenvalue weighted by molar-refractivity contribution is -0.131. The number of aliphatic carboxylic acids is 1. The molecule has 128 valence electrons. The van der Waals surface area contributed by atoms with Crippen molar-refractivity contribution in [3.8, 4) is 0 Å². The summed E-state index contributed by atoms with van der Waals surface area (Å²) in [6.07, 6.45) is 4.58. The van der Waals surface area contributed by atoms with Gasteiger partial charge >= 0.3 is 13.1 Å². The Bertz CT molecular complexity index is 663. The fourth-order valence-electron chi connectivity index (χ4n) is 2.37. The minimum absolute atomic E-state index is 0.286. The molecule has 0 aromatic heterocycles. The first-order valence-corrected chi connectivity index (χ1v) is 7.92. The molecule has 0 radical (unpaired) electrons. The summed E-state index contributed by atoms with van der Waals surface area (Å²) in [7, 11) is -0.517. The third-order valence-corrected chi connectivity index (χ3v) is 4.53. The predicted molar refractivity (Wildman–Crippen MR) is 96.2 cm³/mol. The number of carboxylic acid groups (broad SMARTS) is 1. The zero-order chi connectivity index (χ0) is 18.0. The van der Waals surface area contributed by atoms with Crippen molar-refractivity contribution in [2.75, 3.05) is 6.54 Å². The van der Waals surface area contributed by atoms with Crippen LogP contribution < -0.4 is 5.73 Å². The number of hydrogen-bond acceptors (Lipinski definition) is 4. The minimum atomic E-state index is -0.987. The van der Waals surface area contributed by atoms with Crippen LogP contribution in [0, 0.1) is 0 Å². The van der Waals surface area contributed by atoms with Gasteiger partial charge in [0.25, 0.3) is 0 Å². The topological polar surface area (TPSA) is 81.8 Å². The minimum Gasteiger partial charge on any atom is -0.478 e. The Hall–Kier alpha value is -1.89. The zero-order valence-corrected chi connectivity index (χ0v) is 14.6. The van der Waals surface area contributed by atoms with Crippen molar-refractivity contribution in [2.45, 2.75) is 38.9 Å². The highest BCUT2D eigenvalue weighted by Gasteiger charge is 2.52. The monoisotopic (exact) mass is 329 g/mol. The smallest absolute Gasteiger partial charge is 0.478 e. The first-order valence-electron chi connectivity index (χ1n) is 7.92. The van der Waals surface area contributed by atoms with Crippen LogP contribution >= 0.6 is 0 Å². The normalized spacial score (nSPS) is 19.9. The number of rotatable bonds is 5. The number of carbonyl (C=O) groups is 1. The maximum Gasteiger partial charge on any atom is 0.491 e. The van der Waals surface area contributed by atoms with Gasteiger partial charge in [-0.25, -0.2) is 4.79 Å². The summed E-state index contributed by atoms with van der Waals surface area (Å²) < 4.78 is 12.1. The molecule has 1 aromatic carbocycles. The summed E-state index contributed by atoms with van der Waals surface area (Å²) in [5, 5.41) is 8.82. The van der Waals surface area contributed by atoms with Crippen molar-refractivity contribution in [3.63, 3.8) is 0 Å². The molecule has 6 heteroatoms. The van der Waals surface area contributed by atoms with Gasteiger partial charge in [0.15, 0.2) is 0 Å². The lowest BCUT2D eigenvalue weighted by atomic mass is 9.77. The van der Waals surface area contributed by atoms with E-state index in [1.54, 1.807) is 6.08 Å². The Morgan fingerprint density at radius 3 is 2.21 bits per heavy atom. The molecular formula is C18H24BNO4. The van der Waals surface area contributed by atoms with E-state index in [-0.39, 0.29) is 6.54 Å². The highest BCUT2D eigenvalue weighted by molar-refractivity contribution is 6.55. The molecule has 1 aromatic rings. The van der Waals surface area contributed by atoms with E-state index in [0.717, 1.165) is 22.7 Å². The van der Waals surface area contributed by atoms with E-state index in [4.69, 9.17) is 20.1 Å². The van der Waals surface area contributed by atoms with Crippen molar-refractivity contribution in [2.24, 2.45) is 5.73 Å². The molecule has 1 aliphatic rings. The predicted octanol–water partition coefficient (Wildman–Crippen LogP) is 2.76. The van der Waals surface area contributed by atoms with Gasteiger partial charge in [-0.15, -0.1) is 0 Å². The highest BCUT2D eigenvalue weighted by atomic mass is 16.7. The van der Waals surface area contributed by atoms with Crippen LogP contribution in [0.15, 0.2) is 35.8 Å². The third kappa shape index (κ3) is 3.95. The Labute approximate surface area is 143 Å². The molecule has 1 aliphatic heterocycles. The van der Waals surface area contributed by atoms with Crippen LogP contribution in [0.3, 0.4) is 0 Å². The SMILES string of the molecule is CC1(C)OB(C(=Cc2ccccc2/C=C/C(=O)O)CN)OC1(C)C. The lowest BCUT2D eigenvalue weighted by Crippen LogP contribution is -2.41. The molecule has 3 N–H and O–H groups in total. The van der Waals surface area contributed by atoms with Crippen LogP contribution in [0.25, 0.3) is 12.2 Å².